The Hall–Kier alpha value is -3.64. The molecular formula is C25H17ClN2O4. The van der Waals surface area contributed by atoms with E-state index in [1.54, 1.807) is 36.4 Å². The quantitative estimate of drug-likeness (QED) is 0.444. The molecule has 3 aromatic rings. The van der Waals surface area contributed by atoms with Crippen LogP contribution in [0.2, 0.25) is 5.02 Å². The number of benzene rings is 2. The summed E-state index contributed by atoms with van der Waals surface area (Å²) in [6.07, 6.45) is 5.16. The first kappa shape index (κ1) is 19.1. The number of Topliss-reactive ketones (excluding diaryl/α,β-unsaturated/α-hetero) is 1. The fourth-order valence-electron chi connectivity index (χ4n) is 5.29. The van der Waals surface area contributed by atoms with Crippen LogP contribution < -0.4 is 4.90 Å². The predicted molar refractivity (Wildman–Crippen MR) is 118 cm³/mol. The number of amides is 2. The molecule has 2 amide bonds. The monoisotopic (exact) mass is 444 g/mol. The molecule has 4 atom stereocenters. The van der Waals surface area contributed by atoms with Crippen LogP contribution in [0.25, 0.3) is 6.08 Å². The predicted octanol–water partition coefficient (Wildman–Crippen LogP) is 4.33. The molecule has 6 rings (SSSR count). The van der Waals surface area contributed by atoms with Gasteiger partial charge in [-0.1, -0.05) is 48.0 Å². The Balaban J connectivity index is 1.52. The molecule has 1 aromatic heterocycles. The fourth-order valence-corrected chi connectivity index (χ4v) is 5.51. The second kappa shape index (κ2) is 6.93. The summed E-state index contributed by atoms with van der Waals surface area (Å²) < 4.78 is 5.37. The molecule has 7 heteroatoms. The van der Waals surface area contributed by atoms with Crippen molar-refractivity contribution in [2.75, 3.05) is 4.90 Å². The van der Waals surface area contributed by atoms with Crippen LogP contribution in [0.5, 0.6) is 0 Å². The van der Waals surface area contributed by atoms with Crippen LogP contribution in [0.3, 0.4) is 0 Å². The molecule has 2 aromatic carbocycles. The summed E-state index contributed by atoms with van der Waals surface area (Å²) in [6, 6.07) is 16.4. The number of hydrogen-bond acceptors (Lipinski definition) is 5. The van der Waals surface area contributed by atoms with Gasteiger partial charge in [-0.2, -0.15) is 0 Å². The first-order valence-electron chi connectivity index (χ1n) is 10.3. The number of halogens is 1. The van der Waals surface area contributed by atoms with Gasteiger partial charge in [0.25, 0.3) is 0 Å². The minimum atomic E-state index is -0.857. The maximum Gasteiger partial charge on any atom is 0.240 e. The van der Waals surface area contributed by atoms with Crippen LogP contribution in [-0.2, 0) is 9.59 Å². The number of furan rings is 1. The molecule has 4 heterocycles. The van der Waals surface area contributed by atoms with E-state index in [2.05, 4.69) is 0 Å². The van der Waals surface area contributed by atoms with E-state index in [-0.39, 0.29) is 17.5 Å². The molecular weight excluding hydrogens is 428 g/mol. The van der Waals surface area contributed by atoms with Crippen molar-refractivity contribution in [2.24, 2.45) is 11.8 Å². The lowest BCUT2D eigenvalue weighted by molar-refractivity contribution is -0.123. The Labute approximate surface area is 188 Å². The molecule has 3 aliphatic heterocycles. The Morgan fingerprint density at radius 1 is 0.906 bits per heavy atom. The van der Waals surface area contributed by atoms with Gasteiger partial charge in [0.2, 0.25) is 17.6 Å². The molecule has 0 aliphatic carbocycles. The molecule has 1 unspecified atom stereocenters. The number of carbonyl (C=O) groups excluding carboxylic acids is 3. The lowest BCUT2D eigenvalue weighted by Gasteiger charge is -2.35. The van der Waals surface area contributed by atoms with Crippen LogP contribution in [0.4, 0.5) is 5.69 Å². The van der Waals surface area contributed by atoms with Gasteiger partial charge in [0.1, 0.15) is 6.04 Å². The zero-order chi connectivity index (χ0) is 22.0. The van der Waals surface area contributed by atoms with Gasteiger partial charge in [0, 0.05) is 6.20 Å². The molecule has 0 N–H and O–H groups in total. The number of para-hydroxylation sites is 1. The van der Waals surface area contributed by atoms with Crippen molar-refractivity contribution in [3.8, 4) is 0 Å². The van der Waals surface area contributed by atoms with Crippen molar-refractivity contribution in [1.82, 2.24) is 4.90 Å². The highest BCUT2D eigenvalue weighted by atomic mass is 35.5. The van der Waals surface area contributed by atoms with E-state index in [0.717, 1.165) is 16.0 Å². The van der Waals surface area contributed by atoms with Gasteiger partial charge in [0.15, 0.2) is 5.76 Å². The minimum absolute atomic E-state index is 0.165. The molecule has 2 saturated heterocycles. The van der Waals surface area contributed by atoms with Gasteiger partial charge >= 0.3 is 0 Å². The summed E-state index contributed by atoms with van der Waals surface area (Å²) >= 11 is 6.34. The number of imide groups is 1. The molecule has 0 radical (unpaired) electrons. The minimum Gasteiger partial charge on any atom is -0.461 e. The van der Waals surface area contributed by atoms with Crippen molar-refractivity contribution in [2.45, 2.75) is 12.1 Å². The number of nitrogens with zero attached hydrogens (tertiary/aromatic N) is 2. The third-order valence-electron chi connectivity index (χ3n) is 6.59. The Bertz CT molecular complexity index is 1300. The first-order valence-corrected chi connectivity index (χ1v) is 10.7. The van der Waals surface area contributed by atoms with Gasteiger partial charge in [-0.25, -0.2) is 4.90 Å². The largest absolute Gasteiger partial charge is 0.461 e. The molecule has 0 bridgehead atoms. The third kappa shape index (κ3) is 2.50. The zero-order valence-corrected chi connectivity index (χ0v) is 17.5. The number of carbonyl (C=O) groups is 3. The molecule has 0 spiro atoms. The van der Waals surface area contributed by atoms with E-state index in [9.17, 15) is 14.4 Å². The van der Waals surface area contributed by atoms with Crippen molar-refractivity contribution < 1.29 is 18.8 Å². The summed E-state index contributed by atoms with van der Waals surface area (Å²) in [5.41, 5.74) is 2.23. The summed E-state index contributed by atoms with van der Waals surface area (Å²) in [6.45, 7) is 0. The second-order valence-corrected chi connectivity index (χ2v) is 8.55. The molecule has 2 fully saturated rings. The Morgan fingerprint density at radius 3 is 2.44 bits per heavy atom. The first-order chi connectivity index (χ1) is 15.6. The highest BCUT2D eigenvalue weighted by Crippen LogP contribution is 2.54. The number of fused-ring (bicyclic) bond motifs is 5. The second-order valence-electron chi connectivity index (χ2n) is 8.14. The van der Waals surface area contributed by atoms with Gasteiger partial charge in [-0.05, 0) is 41.5 Å². The zero-order valence-electron chi connectivity index (χ0n) is 16.7. The van der Waals surface area contributed by atoms with Crippen LogP contribution in [0, 0.1) is 11.8 Å². The maximum absolute atomic E-state index is 13.7. The summed E-state index contributed by atoms with van der Waals surface area (Å²) in [4.78, 5) is 43.9. The highest BCUT2D eigenvalue weighted by molar-refractivity contribution is 6.36. The van der Waals surface area contributed by atoms with Gasteiger partial charge < -0.3 is 9.32 Å². The van der Waals surface area contributed by atoms with Crippen molar-refractivity contribution >= 4 is 41.0 Å². The summed E-state index contributed by atoms with van der Waals surface area (Å²) in [7, 11) is 0. The van der Waals surface area contributed by atoms with Crippen molar-refractivity contribution in [3.05, 3.63) is 95.0 Å². The molecule has 3 aliphatic rings. The SMILES string of the molecule is O=C(c1ccco1)[C@@H]1[C@@H]2C(=O)N(c3ccccc3Cl)C(=O)[C@@H]2C2c3ccccc3C=CN21. The average Bonchev–Trinajstić information content (AvgIpc) is 3.51. The normalized spacial score (nSPS) is 25.7. The van der Waals surface area contributed by atoms with Crippen LogP contribution in [-0.4, -0.2) is 28.5 Å². The molecule has 0 saturated carbocycles. The van der Waals surface area contributed by atoms with Crippen molar-refractivity contribution in [3.63, 3.8) is 0 Å². The van der Waals surface area contributed by atoms with E-state index in [1.165, 1.54) is 6.26 Å². The van der Waals surface area contributed by atoms with E-state index in [1.807, 2.05) is 41.4 Å². The van der Waals surface area contributed by atoms with Gasteiger partial charge in [0.05, 0.1) is 34.9 Å². The van der Waals surface area contributed by atoms with Crippen LogP contribution >= 0.6 is 11.6 Å². The number of ketones is 1. The van der Waals surface area contributed by atoms with Crippen LogP contribution in [0.15, 0.2) is 77.5 Å². The van der Waals surface area contributed by atoms with E-state index in [0.29, 0.717) is 10.7 Å². The number of anilines is 1. The third-order valence-corrected chi connectivity index (χ3v) is 6.91. The van der Waals surface area contributed by atoms with E-state index < -0.39 is 29.8 Å². The Kier molecular flexibility index (Phi) is 4.13. The smallest absolute Gasteiger partial charge is 0.240 e. The maximum atomic E-state index is 13.7. The molecule has 158 valence electrons. The van der Waals surface area contributed by atoms with Gasteiger partial charge in [-0.3, -0.25) is 14.4 Å². The standard InChI is InChI=1S/C25H17ClN2O4/c26-16-8-3-4-9-17(16)28-24(30)19-20(25(28)31)22(23(29)18-10-5-13-32-18)27-12-11-14-6-1-2-7-15(14)21(19)27/h1-13,19-22H/t19-,20+,21?,22-/m0/s1. The number of hydrogen-bond donors (Lipinski definition) is 0. The molecule has 32 heavy (non-hydrogen) atoms. The fraction of sp³-hybridized carbons (Fsp3) is 0.160. The lowest BCUT2D eigenvalue weighted by atomic mass is 9.84. The summed E-state index contributed by atoms with van der Waals surface area (Å²) in [5, 5.41) is 0.309. The highest BCUT2D eigenvalue weighted by Gasteiger charge is 2.65. The van der Waals surface area contributed by atoms with Crippen LogP contribution in [0.1, 0.15) is 27.7 Å². The van der Waals surface area contributed by atoms with E-state index in [4.69, 9.17) is 16.0 Å². The van der Waals surface area contributed by atoms with E-state index >= 15 is 0 Å². The topological polar surface area (TPSA) is 70.8 Å². The van der Waals surface area contributed by atoms with Crippen molar-refractivity contribution in [1.29, 1.82) is 0 Å². The average molecular weight is 445 g/mol. The molecule has 6 nitrogen and oxygen atoms in total. The number of rotatable bonds is 3. The summed E-state index contributed by atoms with van der Waals surface area (Å²) in [5.74, 6) is -2.48. The van der Waals surface area contributed by atoms with Gasteiger partial charge in [-0.15, -0.1) is 0 Å². The lowest BCUT2D eigenvalue weighted by Crippen LogP contribution is -2.44. The Morgan fingerprint density at radius 2 is 1.66 bits per heavy atom.